The number of anilines is 1. The van der Waals surface area contributed by atoms with Crippen molar-refractivity contribution in [2.45, 2.75) is 25.6 Å². The zero-order valence-corrected chi connectivity index (χ0v) is 19.0. The number of nitrogens with zero attached hydrogens (tertiary/aromatic N) is 2. The molecular formula is C23H21F4N3O3S. The number of halogens is 4. The lowest BCUT2D eigenvalue weighted by atomic mass is 9.99. The maximum Gasteiger partial charge on any atom is 0.433 e. The third-order valence-electron chi connectivity index (χ3n) is 5.17. The molecule has 11 heteroatoms. The van der Waals surface area contributed by atoms with Gasteiger partial charge in [0.1, 0.15) is 11.5 Å². The lowest BCUT2D eigenvalue weighted by Crippen LogP contribution is -2.28. The molecule has 0 aliphatic carbocycles. The molecule has 0 saturated carbocycles. The van der Waals surface area contributed by atoms with Crippen LogP contribution in [0.15, 0.2) is 60.7 Å². The van der Waals surface area contributed by atoms with Crippen LogP contribution >= 0.6 is 0 Å². The Bertz CT molecular complexity index is 1260. The van der Waals surface area contributed by atoms with E-state index in [2.05, 4.69) is 10.3 Å². The fraction of sp³-hybridized carbons (Fsp3) is 0.217. The van der Waals surface area contributed by atoms with Crippen LogP contribution in [0.2, 0.25) is 0 Å². The normalized spacial score (nSPS) is 12.4. The predicted octanol–water partition coefficient (Wildman–Crippen LogP) is 4.29. The van der Waals surface area contributed by atoms with Crippen molar-refractivity contribution in [3.8, 4) is 11.3 Å². The minimum atomic E-state index is -4.67. The summed E-state index contributed by atoms with van der Waals surface area (Å²) in [6, 6.07) is 14.4. The van der Waals surface area contributed by atoms with Gasteiger partial charge in [-0.3, -0.25) is 9.10 Å². The second kappa shape index (κ2) is 10.2. The van der Waals surface area contributed by atoms with E-state index in [4.69, 9.17) is 0 Å². The Balaban J connectivity index is 1.79. The number of nitrogens with one attached hydrogen (secondary N) is 1. The first kappa shape index (κ1) is 25.2. The van der Waals surface area contributed by atoms with Gasteiger partial charge in [-0.2, -0.15) is 13.2 Å². The topological polar surface area (TPSA) is 79.4 Å². The average Bonchev–Trinajstić information content (AvgIpc) is 2.81. The summed E-state index contributed by atoms with van der Waals surface area (Å²) in [6.45, 7) is 1.30. The fourth-order valence-corrected chi connectivity index (χ4v) is 3.57. The van der Waals surface area contributed by atoms with Crippen LogP contribution in [0.4, 0.5) is 23.2 Å². The van der Waals surface area contributed by atoms with Gasteiger partial charge in [-0.15, -0.1) is 0 Å². The highest BCUT2D eigenvalue weighted by Crippen LogP contribution is 2.31. The minimum Gasteiger partial charge on any atom is -0.352 e. The second-order valence-corrected chi connectivity index (χ2v) is 8.60. The van der Waals surface area contributed by atoms with Gasteiger partial charge < -0.3 is 5.32 Å². The maximum absolute atomic E-state index is 14.3. The first-order valence-electron chi connectivity index (χ1n) is 10.1. The van der Waals surface area contributed by atoms with Crippen molar-refractivity contribution >= 4 is 22.5 Å². The molecule has 1 N–H and O–H groups in total. The first-order chi connectivity index (χ1) is 16.0. The molecule has 1 unspecified atom stereocenters. The number of benzene rings is 2. The summed E-state index contributed by atoms with van der Waals surface area (Å²) in [5, 5.41) is 2.57. The van der Waals surface area contributed by atoms with E-state index in [9.17, 15) is 30.8 Å². The molecule has 3 rings (SSSR count). The van der Waals surface area contributed by atoms with Crippen LogP contribution in [0.5, 0.6) is 0 Å². The van der Waals surface area contributed by atoms with Crippen molar-refractivity contribution in [2.24, 2.45) is 0 Å². The van der Waals surface area contributed by atoms with E-state index in [1.807, 2.05) is 0 Å². The lowest BCUT2D eigenvalue weighted by Gasteiger charge is -2.17. The highest BCUT2D eigenvalue weighted by Gasteiger charge is 2.33. The van der Waals surface area contributed by atoms with Gasteiger partial charge in [-0.05, 0) is 42.3 Å². The summed E-state index contributed by atoms with van der Waals surface area (Å²) >= 11 is 0. The number of carbonyl (C=O) groups excluding carboxylic acids is 1. The SMILES string of the molecule is CC(C(=O)NCc1cc(-c2ccccc2)nc(C(F)(F)F)c1)c1ccc(N(C)[SH](=O)=O)c(F)c1. The van der Waals surface area contributed by atoms with Gasteiger partial charge in [-0.25, -0.2) is 17.8 Å². The Morgan fingerprint density at radius 2 is 1.76 bits per heavy atom. The minimum absolute atomic E-state index is 0.117. The predicted molar refractivity (Wildman–Crippen MR) is 120 cm³/mol. The van der Waals surface area contributed by atoms with Crippen LogP contribution in [0, 0.1) is 5.82 Å². The van der Waals surface area contributed by atoms with E-state index in [1.54, 1.807) is 30.3 Å². The van der Waals surface area contributed by atoms with Crippen LogP contribution in [0.3, 0.4) is 0 Å². The molecule has 0 aliphatic heterocycles. The fourth-order valence-electron chi connectivity index (χ4n) is 3.23. The Hall–Kier alpha value is -3.47. The van der Waals surface area contributed by atoms with Gasteiger partial charge in [-0.1, -0.05) is 36.4 Å². The third kappa shape index (κ3) is 5.90. The smallest absolute Gasteiger partial charge is 0.352 e. The number of rotatable bonds is 7. The summed E-state index contributed by atoms with van der Waals surface area (Å²) < 4.78 is 77.3. The first-order valence-corrected chi connectivity index (χ1v) is 11.2. The number of hydrogen-bond donors (Lipinski definition) is 2. The molecule has 0 bridgehead atoms. The van der Waals surface area contributed by atoms with E-state index < -0.39 is 40.4 Å². The van der Waals surface area contributed by atoms with Crippen molar-refractivity contribution in [3.63, 3.8) is 0 Å². The highest BCUT2D eigenvalue weighted by molar-refractivity contribution is 7.74. The molecule has 0 radical (unpaired) electrons. The van der Waals surface area contributed by atoms with Crippen LogP contribution < -0.4 is 9.62 Å². The van der Waals surface area contributed by atoms with Crippen LogP contribution in [0.25, 0.3) is 11.3 Å². The Labute approximate surface area is 195 Å². The Kier molecular flexibility index (Phi) is 7.55. The molecule has 0 saturated heterocycles. The van der Waals surface area contributed by atoms with Crippen molar-refractivity contribution < 1.29 is 30.8 Å². The Morgan fingerprint density at radius 1 is 1.09 bits per heavy atom. The molecule has 0 aliphatic rings. The average molecular weight is 495 g/mol. The van der Waals surface area contributed by atoms with Crippen LogP contribution in [0.1, 0.15) is 29.7 Å². The lowest BCUT2D eigenvalue weighted by molar-refractivity contribution is -0.141. The monoisotopic (exact) mass is 495 g/mol. The van der Waals surface area contributed by atoms with Crippen molar-refractivity contribution in [2.75, 3.05) is 11.4 Å². The van der Waals surface area contributed by atoms with E-state index in [0.29, 0.717) is 5.56 Å². The molecule has 1 amide bonds. The van der Waals surface area contributed by atoms with E-state index in [-0.39, 0.29) is 29.1 Å². The largest absolute Gasteiger partial charge is 0.433 e. The van der Waals surface area contributed by atoms with Crippen molar-refractivity contribution in [1.29, 1.82) is 0 Å². The zero-order chi connectivity index (χ0) is 25.0. The van der Waals surface area contributed by atoms with Crippen LogP contribution in [-0.4, -0.2) is 26.4 Å². The summed E-state index contributed by atoms with van der Waals surface area (Å²) in [5.41, 5.74) is -0.156. The summed E-state index contributed by atoms with van der Waals surface area (Å²) in [5.74, 6) is -2.20. The number of thiol groups is 1. The number of alkyl halides is 3. The molecule has 180 valence electrons. The molecular weight excluding hydrogens is 474 g/mol. The second-order valence-electron chi connectivity index (χ2n) is 7.52. The quantitative estimate of drug-likeness (QED) is 0.379. The third-order valence-corrected chi connectivity index (χ3v) is 5.88. The van der Waals surface area contributed by atoms with Gasteiger partial charge in [0.15, 0.2) is 0 Å². The van der Waals surface area contributed by atoms with Gasteiger partial charge >= 0.3 is 6.18 Å². The van der Waals surface area contributed by atoms with Gasteiger partial charge in [0.25, 0.3) is 0 Å². The molecule has 1 heterocycles. The van der Waals surface area contributed by atoms with E-state index in [0.717, 1.165) is 16.4 Å². The Morgan fingerprint density at radius 3 is 2.35 bits per heavy atom. The molecule has 34 heavy (non-hydrogen) atoms. The van der Waals surface area contributed by atoms with Crippen molar-refractivity contribution in [3.05, 3.63) is 83.3 Å². The highest BCUT2D eigenvalue weighted by atomic mass is 32.2. The number of carbonyl (C=O) groups is 1. The van der Waals surface area contributed by atoms with Gasteiger partial charge in [0.2, 0.25) is 16.8 Å². The van der Waals surface area contributed by atoms with E-state index in [1.165, 1.54) is 32.2 Å². The maximum atomic E-state index is 14.3. The number of aromatic nitrogens is 1. The van der Waals surface area contributed by atoms with E-state index >= 15 is 0 Å². The summed E-state index contributed by atoms with van der Waals surface area (Å²) in [6.07, 6.45) is -4.67. The van der Waals surface area contributed by atoms with Crippen LogP contribution in [-0.2, 0) is 28.4 Å². The standard InChI is InChI=1S/C23H21F4N3O3S/c1-14(17-8-9-20(18(24)12-17)30(2)34(32)33)22(31)28-13-15-10-19(16-6-4-3-5-7-16)29-21(11-15)23(25,26)27/h3-12,14,34H,13H2,1-2H3,(H,28,31). The summed E-state index contributed by atoms with van der Waals surface area (Å²) in [4.78, 5) is 16.3. The molecule has 3 aromatic rings. The zero-order valence-electron chi connectivity index (χ0n) is 18.1. The molecule has 1 aromatic heterocycles. The van der Waals surface area contributed by atoms with Gasteiger partial charge in [0, 0.05) is 19.2 Å². The van der Waals surface area contributed by atoms with Crippen molar-refractivity contribution in [1.82, 2.24) is 10.3 Å². The number of pyridine rings is 1. The molecule has 0 spiro atoms. The number of amides is 1. The molecule has 1 atom stereocenters. The molecule has 0 fully saturated rings. The number of hydrogen-bond acceptors (Lipinski definition) is 4. The molecule has 2 aromatic carbocycles. The molecule has 6 nitrogen and oxygen atoms in total. The summed E-state index contributed by atoms with van der Waals surface area (Å²) in [7, 11) is -1.84. The van der Waals surface area contributed by atoms with Gasteiger partial charge in [0.05, 0.1) is 17.3 Å².